The Morgan fingerprint density at radius 3 is 2.76 bits per heavy atom. The van der Waals surface area contributed by atoms with Crippen molar-refractivity contribution >= 4 is 63.3 Å². The number of aliphatic carboxylic acids is 1. The molecular weight excluding hydrogens is 586 g/mol. The number of carboxylic acid groups (broad SMARTS) is 1. The predicted octanol–water partition coefficient (Wildman–Crippen LogP) is 0.767. The summed E-state index contributed by atoms with van der Waals surface area (Å²) in [5, 5.41) is 17.5. The van der Waals surface area contributed by atoms with Crippen LogP contribution in [0.1, 0.15) is 26.5 Å². The smallest absolute Gasteiger partial charge is 0.352 e. The summed E-state index contributed by atoms with van der Waals surface area (Å²) >= 11 is 2.41. The molecule has 5 rings (SSSR count). The molecule has 0 bridgehead atoms. The van der Waals surface area contributed by atoms with Crippen LogP contribution in [0.2, 0.25) is 0 Å². The minimum atomic E-state index is -1.23. The van der Waals surface area contributed by atoms with Gasteiger partial charge in [-0.05, 0) is 26.8 Å². The minimum Gasteiger partial charge on any atom is -0.477 e. The third-order valence-electron chi connectivity index (χ3n) is 6.20. The van der Waals surface area contributed by atoms with E-state index >= 15 is 0 Å². The third kappa shape index (κ3) is 5.94. The van der Waals surface area contributed by atoms with Crippen LogP contribution >= 0.6 is 23.1 Å². The molecule has 0 aliphatic carbocycles. The number of carbonyl (C=O) groups is 4. The minimum absolute atomic E-state index is 0.0874. The van der Waals surface area contributed by atoms with E-state index < -0.39 is 47.4 Å². The van der Waals surface area contributed by atoms with Gasteiger partial charge in [0.25, 0.3) is 17.5 Å². The Morgan fingerprint density at radius 2 is 2.07 bits per heavy atom. The molecule has 1 saturated heterocycles. The van der Waals surface area contributed by atoms with Gasteiger partial charge in [-0.15, -0.1) is 23.1 Å². The first-order chi connectivity index (χ1) is 19.9. The van der Waals surface area contributed by atoms with Gasteiger partial charge in [0.15, 0.2) is 10.8 Å². The van der Waals surface area contributed by atoms with Gasteiger partial charge >= 0.3 is 11.9 Å². The van der Waals surface area contributed by atoms with Crippen LogP contribution in [0.15, 0.2) is 58.6 Å². The molecule has 0 aromatic carbocycles. The topological polar surface area (TPSA) is 182 Å². The number of rotatable bonds is 9. The van der Waals surface area contributed by atoms with E-state index in [9.17, 15) is 24.3 Å². The number of fused-ring (bicyclic) bond motifs is 2. The van der Waals surface area contributed by atoms with Gasteiger partial charge in [-0.3, -0.25) is 14.5 Å². The number of pyridine rings is 1. The van der Waals surface area contributed by atoms with Crippen LogP contribution in [0.3, 0.4) is 0 Å². The number of thioether (sulfide) groups is 1. The van der Waals surface area contributed by atoms with Crippen molar-refractivity contribution < 1.29 is 38.4 Å². The van der Waals surface area contributed by atoms with E-state index in [1.165, 1.54) is 22.0 Å². The molecular formula is C26H28N7O7S2+. The fourth-order valence-electron chi connectivity index (χ4n) is 4.52. The summed E-state index contributed by atoms with van der Waals surface area (Å²) in [5.41, 5.74) is 6.11. The van der Waals surface area contributed by atoms with Crippen molar-refractivity contribution in [2.45, 2.75) is 44.3 Å². The number of oxime groups is 1. The van der Waals surface area contributed by atoms with Crippen molar-refractivity contribution in [1.82, 2.24) is 19.6 Å². The number of β-lactam (4-membered cyclic amide) rings is 1. The van der Waals surface area contributed by atoms with E-state index in [1.807, 2.05) is 45.8 Å². The van der Waals surface area contributed by atoms with Crippen molar-refractivity contribution in [2.24, 2.45) is 5.16 Å². The fraction of sp³-hybridized carbons (Fsp3) is 0.346. The number of aromatic nitrogens is 3. The highest BCUT2D eigenvalue weighted by molar-refractivity contribution is 8.00. The number of ether oxygens (including phenoxy) is 1. The number of nitrogen functional groups attached to an aromatic ring is 1. The van der Waals surface area contributed by atoms with Crippen LogP contribution in [0, 0.1) is 0 Å². The molecule has 1 fully saturated rings. The third-order valence-corrected chi connectivity index (χ3v) is 8.22. The largest absolute Gasteiger partial charge is 0.477 e. The molecule has 0 saturated carbocycles. The Morgan fingerprint density at radius 1 is 1.29 bits per heavy atom. The summed E-state index contributed by atoms with van der Waals surface area (Å²) < 4.78 is 8.99. The number of imidazole rings is 1. The maximum atomic E-state index is 13.3. The quantitative estimate of drug-likeness (QED) is 0.102. The number of nitrogens with two attached hydrogens (primary N) is 1. The standard InChI is InChI=1S/C26H27N7O7S2/c1-26(2,3)40-17(34)11-39-30-18(15-13-42-25(27)28-15)21(35)29-19-22(36)33-20(24(37)38)14(12-41-23(19)33)10-32-9-8-31-7-5-4-6-16(31)32/h4-9,13,19,23H,10-12H2,1-3H3,(H3-,27,28,29,35,37,38)/p+1/t19-,23+/m1/s1. The number of thiazole rings is 1. The van der Waals surface area contributed by atoms with E-state index in [-0.39, 0.29) is 28.8 Å². The Labute approximate surface area is 247 Å². The number of hydrogen-bond donors (Lipinski definition) is 3. The first-order valence-electron chi connectivity index (χ1n) is 12.7. The molecule has 0 unspecified atom stereocenters. The average molecular weight is 615 g/mol. The highest BCUT2D eigenvalue weighted by Crippen LogP contribution is 2.40. The lowest BCUT2D eigenvalue weighted by Crippen LogP contribution is -2.71. The normalized spacial score (nSPS) is 18.9. The van der Waals surface area contributed by atoms with E-state index in [1.54, 1.807) is 20.8 Å². The maximum absolute atomic E-state index is 13.3. The molecule has 4 N–H and O–H groups in total. The zero-order chi connectivity index (χ0) is 30.2. The molecule has 220 valence electrons. The van der Waals surface area contributed by atoms with Gasteiger partial charge in [-0.1, -0.05) is 11.2 Å². The number of amides is 2. The van der Waals surface area contributed by atoms with Crippen LogP contribution in [0.4, 0.5) is 5.13 Å². The molecule has 5 heterocycles. The van der Waals surface area contributed by atoms with Gasteiger partial charge in [0.1, 0.15) is 47.3 Å². The molecule has 2 aliphatic heterocycles. The van der Waals surface area contributed by atoms with Crippen molar-refractivity contribution in [3.63, 3.8) is 0 Å². The zero-order valence-corrected chi connectivity index (χ0v) is 24.5. The molecule has 2 amide bonds. The Hall–Kier alpha value is -4.44. The number of anilines is 1. The number of nitrogens with zero attached hydrogens (tertiary/aromatic N) is 5. The van der Waals surface area contributed by atoms with Crippen molar-refractivity contribution in [1.29, 1.82) is 0 Å². The summed E-state index contributed by atoms with van der Waals surface area (Å²) in [5.74, 6) is -2.96. The Bertz CT molecular complexity index is 1640. The molecule has 14 nitrogen and oxygen atoms in total. The molecule has 2 atom stereocenters. The molecule has 16 heteroatoms. The SMILES string of the molecule is CC(C)(C)OC(=O)CON=C(C(=O)N[C@@H]1C(=O)N2C(C(=O)O)=C(C[n+]3ccn4ccccc43)CS[C@@H]12)c1csc(N)n1. The summed E-state index contributed by atoms with van der Waals surface area (Å²) in [6.07, 6.45) is 5.59. The molecule has 42 heavy (non-hydrogen) atoms. The number of esters is 1. The maximum Gasteiger partial charge on any atom is 0.352 e. The lowest BCUT2D eigenvalue weighted by molar-refractivity contribution is -0.662. The van der Waals surface area contributed by atoms with Gasteiger partial charge in [-0.2, -0.15) is 0 Å². The first kappa shape index (κ1) is 29.1. The first-order valence-corrected chi connectivity index (χ1v) is 14.6. The van der Waals surface area contributed by atoms with Crippen molar-refractivity contribution in [3.05, 3.63) is 59.1 Å². The average Bonchev–Trinajstić information content (AvgIpc) is 3.54. The summed E-state index contributed by atoms with van der Waals surface area (Å²) in [6.45, 7) is 4.81. The second-order valence-electron chi connectivity index (χ2n) is 10.4. The second-order valence-corrected chi connectivity index (χ2v) is 12.4. The number of carboxylic acids is 1. The van der Waals surface area contributed by atoms with Crippen LogP contribution in [-0.4, -0.2) is 78.2 Å². The molecule has 0 radical (unpaired) electrons. The zero-order valence-electron chi connectivity index (χ0n) is 22.8. The molecule has 0 spiro atoms. The number of hydrogen-bond acceptors (Lipinski definition) is 11. The number of carbonyl (C=O) groups excluding carboxylic acids is 3. The Kier molecular flexibility index (Phi) is 7.92. The summed E-state index contributed by atoms with van der Waals surface area (Å²) in [6, 6.07) is 4.66. The number of nitrogens with one attached hydrogen (secondary N) is 1. The Balaban J connectivity index is 1.32. The fourth-order valence-corrected chi connectivity index (χ4v) is 6.40. The lowest BCUT2D eigenvalue weighted by atomic mass is 10.0. The van der Waals surface area contributed by atoms with Gasteiger partial charge in [0.05, 0.1) is 6.20 Å². The highest BCUT2D eigenvalue weighted by atomic mass is 32.2. The molecule has 3 aromatic heterocycles. The second kappa shape index (κ2) is 11.4. The van der Waals surface area contributed by atoms with E-state index in [0.717, 1.165) is 17.0 Å². The van der Waals surface area contributed by atoms with E-state index in [2.05, 4.69) is 15.5 Å². The van der Waals surface area contributed by atoms with Crippen LogP contribution in [0.5, 0.6) is 0 Å². The monoisotopic (exact) mass is 614 g/mol. The molecule has 3 aromatic rings. The molecule has 2 aliphatic rings. The van der Waals surface area contributed by atoms with E-state index in [0.29, 0.717) is 11.3 Å². The van der Waals surface area contributed by atoms with Crippen LogP contribution < -0.4 is 15.6 Å². The van der Waals surface area contributed by atoms with Gasteiger partial charge in [0.2, 0.25) is 6.61 Å². The van der Waals surface area contributed by atoms with Crippen LogP contribution in [-0.2, 0) is 35.3 Å². The van der Waals surface area contributed by atoms with Gasteiger partial charge in [0, 0.05) is 22.8 Å². The van der Waals surface area contributed by atoms with E-state index in [4.69, 9.17) is 15.3 Å². The highest BCUT2D eigenvalue weighted by Gasteiger charge is 2.54. The van der Waals surface area contributed by atoms with Gasteiger partial charge in [-0.25, -0.2) is 23.5 Å². The van der Waals surface area contributed by atoms with Crippen molar-refractivity contribution in [3.8, 4) is 0 Å². The lowest BCUT2D eigenvalue weighted by Gasteiger charge is -2.49. The predicted molar refractivity (Wildman–Crippen MR) is 152 cm³/mol. The van der Waals surface area contributed by atoms with Crippen molar-refractivity contribution in [2.75, 3.05) is 18.1 Å². The van der Waals surface area contributed by atoms with Gasteiger partial charge < -0.3 is 25.7 Å². The summed E-state index contributed by atoms with van der Waals surface area (Å²) in [4.78, 5) is 61.2. The summed E-state index contributed by atoms with van der Waals surface area (Å²) in [7, 11) is 0. The van der Waals surface area contributed by atoms with Crippen LogP contribution in [0.25, 0.3) is 5.65 Å².